The van der Waals surface area contributed by atoms with E-state index in [4.69, 9.17) is 4.74 Å². The van der Waals surface area contributed by atoms with Crippen molar-refractivity contribution in [2.24, 2.45) is 0 Å². The van der Waals surface area contributed by atoms with E-state index in [1.54, 1.807) is 0 Å². The third-order valence-corrected chi connectivity index (χ3v) is 4.13. The summed E-state index contributed by atoms with van der Waals surface area (Å²) in [4.78, 5) is 13.9. The molecule has 128 valence electrons. The van der Waals surface area contributed by atoms with Gasteiger partial charge in [0.15, 0.2) is 0 Å². The van der Waals surface area contributed by atoms with Crippen molar-refractivity contribution in [2.45, 2.75) is 64.6 Å². The van der Waals surface area contributed by atoms with Crippen LogP contribution in [0.1, 0.15) is 46.1 Å². The molecule has 0 aliphatic carbocycles. The molecule has 2 atom stereocenters. The Morgan fingerprint density at radius 3 is 2.65 bits per heavy atom. The second-order valence-corrected chi connectivity index (χ2v) is 7.37. The summed E-state index contributed by atoms with van der Waals surface area (Å²) in [6, 6.07) is 11.4. The van der Waals surface area contributed by atoms with E-state index in [9.17, 15) is 4.79 Å². The lowest BCUT2D eigenvalue weighted by molar-refractivity contribution is 0.0290. The summed E-state index contributed by atoms with van der Waals surface area (Å²) in [7, 11) is 0. The highest BCUT2D eigenvalue weighted by molar-refractivity contribution is 5.68. The van der Waals surface area contributed by atoms with Gasteiger partial charge in [0, 0.05) is 25.2 Å². The van der Waals surface area contributed by atoms with E-state index in [-0.39, 0.29) is 6.09 Å². The van der Waals surface area contributed by atoms with E-state index in [1.807, 2.05) is 31.7 Å². The van der Waals surface area contributed by atoms with Crippen molar-refractivity contribution in [3.8, 4) is 0 Å². The van der Waals surface area contributed by atoms with E-state index < -0.39 is 5.60 Å². The molecule has 1 aromatic rings. The molecule has 0 saturated carbocycles. The maximum atomic E-state index is 12.1. The minimum Gasteiger partial charge on any atom is -0.444 e. The fourth-order valence-electron chi connectivity index (χ4n) is 2.94. The standard InChI is InChI=1S/C19H30N2O2/c1-5-16(13-15-9-7-6-8-10-15)20-17-11-12-21(14-17)18(22)23-19(2,3)4/h6-10,16-17,20H,5,11-14H2,1-4H3. The van der Waals surface area contributed by atoms with Crippen LogP contribution in [0.3, 0.4) is 0 Å². The minimum absolute atomic E-state index is 0.196. The number of ether oxygens (including phenoxy) is 1. The van der Waals surface area contributed by atoms with Gasteiger partial charge in [0.2, 0.25) is 0 Å². The Morgan fingerprint density at radius 1 is 1.35 bits per heavy atom. The summed E-state index contributed by atoms with van der Waals surface area (Å²) in [6.45, 7) is 9.44. The molecule has 23 heavy (non-hydrogen) atoms. The highest BCUT2D eigenvalue weighted by atomic mass is 16.6. The second kappa shape index (κ2) is 7.82. The molecule has 2 unspecified atom stereocenters. The summed E-state index contributed by atoms with van der Waals surface area (Å²) in [6.07, 6.45) is 2.90. The van der Waals surface area contributed by atoms with Gasteiger partial charge in [-0.3, -0.25) is 0 Å². The van der Waals surface area contributed by atoms with Gasteiger partial charge in [-0.15, -0.1) is 0 Å². The fourth-order valence-corrected chi connectivity index (χ4v) is 2.94. The summed E-state index contributed by atoms with van der Waals surface area (Å²) in [5, 5.41) is 3.71. The average Bonchev–Trinajstić information content (AvgIpc) is 2.94. The number of nitrogens with one attached hydrogen (secondary N) is 1. The molecule has 1 aliphatic heterocycles. The zero-order chi connectivity index (χ0) is 16.9. The van der Waals surface area contributed by atoms with Crippen molar-refractivity contribution >= 4 is 6.09 Å². The maximum absolute atomic E-state index is 12.1. The Kier molecular flexibility index (Phi) is 6.05. The van der Waals surface area contributed by atoms with Crippen LogP contribution in [-0.2, 0) is 11.2 Å². The van der Waals surface area contributed by atoms with Gasteiger partial charge >= 0.3 is 6.09 Å². The predicted molar refractivity (Wildman–Crippen MR) is 93.6 cm³/mol. The second-order valence-electron chi connectivity index (χ2n) is 7.37. The highest BCUT2D eigenvalue weighted by Gasteiger charge is 2.30. The van der Waals surface area contributed by atoms with E-state index in [0.29, 0.717) is 12.1 Å². The highest BCUT2D eigenvalue weighted by Crippen LogP contribution is 2.16. The largest absolute Gasteiger partial charge is 0.444 e. The Labute approximate surface area is 140 Å². The summed E-state index contributed by atoms with van der Waals surface area (Å²) < 4.78 is 5.46. The molecule has 1 saturated heterocycles. The smallest absolute Gasteiger partial charge is 0.410 e. The van der Waals surface area contributed by atoms with Crippen LogP contribution < -0.4 is 5.32 Å². The van der Waals surface area contributed by atoms with Gasteiger partial charge in [0.25, 0.3) is 0 Å². The average molecular weight is 318 g/mol. The first-order valence-corrected chi connectivity index (χ1v) is 8.65. The number of nitrogens with zero attached hydrogens (tertiary/aromatic N) is 1. The molecular formula is C19H30N2O2. The van der Waals surface area contributed by atoms with Crippen molar-refractivity contribution in [3.63, 3.8) is 0 Å². The van der Waals surface area contributed by atoms with Gasteiger partial charge in [0.05, 0.1) is 0 Å². The van der Waals surface area contributed by atoms with Crippen molar-refractivity contribution < 1.29 is 9.53 Å². The lowest BCUT2D eigenvalue weighted by Gasteiger charge is -2.25. The van der Waals surface area contributed by atoms with Gasteiger partial charge in [-0.25, -0.2) is 4.79 Å². The first kappa shape index (κ1) is 17.8. The SMILES string of the molecule is CCC(Cc1ccccc1)NC1CCN(C(=O)OC(C)(C)C)C1. The number of carbonyl (C=O) groups excluding carboxylic acids is 1. The minimum atomic E-state index is -0.429. The lowest BCUT2D eigenvalue weighted by atomic mass is 10.0. The summed E-state index contributed by atoms with van der Waals surface area (Å²) >= 11 is 0. The van der Waals surface area contributed by atoms with Crippen molar-refractivity contribution in [2.75, 3.05) is 13.1 Å². The third kappa shape index (κ3) is 5.87. The van der Waals surface area contributed by atoms with Crippen molar-refractivity contribution in [1.29, 1.82) is 0 Å². The molecule has 0 spiro atoms. The normalized spacial score (nSPS) is 19.7. The van der Waals surface area contributed by atoms with Crippen LogP contribution in [-0.4, -0.2) is 41.8 Å². The number of hydrogen-bond donors (Lipinski definition) is 1. The van der Waals surface area contributed by atoms with Crippen LogP contribution in [0.4, 0.5) is 4.79 Å². The molecular weight excluding hydrogens is 288 g/mol. The predicted octanol–water partition coefficient (Wildman–Crippen LogP) is 3.61. The van der Waals surface area contributed by atoms with Crippen LogP contribution in [0.25, 0.3) is 0 Å². The number of hydrogen-bond acceptors (Lipinski definition) is 3. The Hall–Kier alpha value is -1.55. The van der Waals surface area contributed by atoms with Crippen LogP contribution in [0.2, 0.25) is 0 Å². The molecule has 1 amide bonds. The quantitative estimate of drug-likeness (QED) is 0.902. The number of amides is 1. The monoisotopic (exact) mass is 318 g/mol. The Bertz CT molecular complexity index is 496. The molecule has 1 fully saturated rings. The molecule has 1 aliphatic rings. The molecule has 2 rings (SSSR count). The van der Waals surface area contributed by atoms with Crippen LogP contribution in [0.5, 0.6) is 0 Å². The zero-order valence-corrected chi connectivity index (χ0v) is 14.8. The Morgan fingerprint density at radius 2 is 2.04 bits per heavy atom. The zero-order valence-electron chi connectivity index (χ0n) is 14.8. The summed E-state index contributed by atoms with van der Waals surface area (Å²) in [5.41, 5.74) is 0.927. The molecule has 4 nitrogen and oxygen atoms in total. The number of likely N-dealkylation sites (tertiary alicyclic amines) is 1. The number of carbonyl (C=O) groups is 1. The van der Waals surface area contributed by atoms with Gasteiger partial charge in [-0.2, -0.15) is 0 Å². The van der Waals surface area contributed by atoms with Gasteiger partial charge in [-0.1, -0.05) is 37.3 Å². The van der Waals surface area contributed by atoms with Gasteiger partial charge < -0.3 is 15.0 Å². The topological polar surface area (TPSA) is 41.6 Å². The molecule has 1 heterocycles. The molecule has 1 aromatic carbocycles. The first-order chi connectivity index (χ1) is 10.9. The number of rotatable bonds is 5. The molecule has 4 heteroatoms. The van der Waals surface area contributed by atoms with E-state index in [0.717, 1.165) is 32.4 Å². The molecule has 1 N–H and O–H groups in total. The van der Waals surface area contributed by atoms with Crippen molar-refractivity contribution in [1.82, 2.24) is 10.2 Å². The molecule has 0 bridgehead atoms. The van der Waals surface area contributed by atoms with Crippen LogP contribution >= 0.6 is 0 Å². The van der Waals surface area contributed by atoms with Crippen molar-refractivity contribution in [3.05, 3.63) is 35.9 Å². The van der Waals surface area contributed by atoms with Gasteiger partial charge in [-0.05, 0) is 45.6 Å². The van der Waals surface area contributed by atoms with Crippen LogP contribution in [0.15, 0.2) is 30.3 Å². The third-order valence-electron chi connectivity index (χ3n) is 4.13. The summed E-state index contributed by atoms with van der Waals surface area (Å²) in [5.74, 6) is 0. The van der Waals surface area contributed by atoms with Crippen LogP contribution in [0, 0.1) is 0 Å². The van der Waals surface area contributed by atoms with E-state index in [2.05, 4.69) is 36.5 Å². The lowest BCUT2D eigenvalue weighted by Crippen LogP contribution is -2.42. The van der Waals surface area contributed by atoms with E-state index in [1.165, 1.54) is 5.56 Å². The fraction of sp³-hybridized carbons (Fsp3) is 0.632. The molecule has 0 radical (unpaired) electrons. The maximum Gasteiger partial charge on any atom is 0.410 e. The first-order valence-electron chi connectivity index (χ1n) is 8.65. The van der Waals surface area contributed by atoms with E-state index >= 15 is 0 Å². The molecule has 0 aromatic heterocycles. The van der Waals surface area contributed by atoms with Gasteiger partial charge in [0.1, 0.15) is 5.60 Å². The number of benzene rings is 1. The Balaban J connectivity index is 1.82.